The van der Waals surface area contributed by atoms with Crippen LogP contribution in [0.25, 0.3) is 0 Å². The van der Waals surface area contributed by atoms with Gasteiger partial charge in [-0.1, -0.05) is 47.6 Å². The van der Waals surface area contributed by atoms with Gasteiger partial charge in [-0.3, -0.25) is 14.4 Å². The molecular weight excluding hydrogens is 1140 g/mol. The lowest BCUT2D eigenvalue weighted by atomic mass is 9.45. The summed E-state index contributed by atoms with van der Waals surface area (Å²) in [7, 11) is 6.98. The number of allylic oxidation sites excluding steroid dienone is 4. The van der Waals surface area contributed by atoms with Gasteiger partial charge in [0, 0.05) is 49.3 Å². The summed E-state index contributed by atoms with van der Waals surface area (Å²) in [5.41, 5.74) is -9.04. The second-order valence-corrected chi connectivity index (χ2v) is 29.1. The van der Waals surface area contributed by atoms with Gasteiger partial charge in [-0.2, -0.15) is 0 Å². The Morgan fingerprint density at radius 1 is 0.872 bits per heavy atom. The number of rotatable bonds is 14. The summed E-state index contributed by atoms with van der Waals surface area (Å²) in [6, 6.07) is -1.09. The Bertz CT molecular complexity index is 2490. The highest BCUT2D eigenvalue weighted by Gasteiger charge is 2.76. The number of ketones is 1. The minimum atomic E-state index is -2.07. The fourth-order valence-electron chi connectivity index (χ4n) is 16.7. The average Bonchev–Trinajstić information content (AvgIpc) is 1.30. The Morgan fingerprint density at radius 3 is 2.16 bits per heavy atom. The third-order valence-electron chi connectivity index (χ3n) is 22.0. The number of hydrogen-bond donors (Lipinski definition) is 6. The van der Waals surface area contributed by atoms with E-state index >= 15 is 4.39 Å². The number of unbranched alkanes of at least 4 members (excludes halogenated alkanes) is 1. The third-order valence-corrected chi connectivity index (χ3v) is 22.9. The molecule has 3 unspecified atom stereocenters. The van der Waals surface area contributed by atoms with Crippen LogP contribution in [0.3, 0.4) is 0 Å². The number of aliphatic hydroxyl groups excluding tert-OH is 3. The monoisotopic (exact) mass is 1240 g/mol. The number of carbonyl (C=O) groups is 4. The average molecular weight is 1240 g/mol. The Morgan fingerprint density at radius 2 is 1.53 bits per heavy atom. The zero-order valence-corrected chi connectivity index (χ0v) is 54.8. The molecule has 0 aromatic heterocycles. The molecule has 3 saturated carbocycles. The lowest BCUT2D eigenvalue weighted by molar-refractivity contribution is -0.319. The maximum absolute atomic E-state index is 16.2. The van der Waals surface area contributed by atoms with Gasteiger partial charge in [0.1, 0.15) is 30.1 Å². The van der Waals surface area contributed by atoms with Gasteiger partial charge in [0.2, 0.25) is 0 Å². The van der Waals surface area contributed by atoms with Crippen LogP contribution in [-0.4, -0.2) is 219 Å². The number of likely N-dealkylation sites (N-methyl/N-ethyl adjacent to an activating group) is 2. The van der Waals surface area contributed by atoms with Gasteiger partial charge in [0.15, 0.2) is 30.1 Å². The van der Waals surface area contributed by atoms with Gasteiger partial charge in [0.25, 0.3) is 0 Å². The van der Waals surface area contributed by atoms with E-state index in [1.54, 1.807) is 82.4 Å². The minimum Gasteiger partial charge on any atom is -0.464 e. The van der Waals surface area contributed by atoms with Crippen molar-refractivity contribution in [3.63, 3.8) is 0 Å². The summed E-state index contributed by atoms with van der Waals surface area (Å²) in [6.45, 7) is 22.6. The summed E-state index contributed by atoms with van der Waals surface area (Å²) in [6.07, 6.45) is -7.99. The highest BCUT2D eigenvalue weighted by molar-refractivity contribution is 6.26. The van der Waals surface area contributed by atoms with E-state index in [4.69, 9.17) is 49.5 Å². The van der Waals surface area contributed by atoms with E-state index in [2.05, 4.69) is 0 Å². The molecule has 0 aromatic rings. The summed E-state index contributed by atoms with van der Waals surface area (Å²) in [5, 5.41) is 72.5. The summed E-state index contributed by atoms with van der Waals surface area (Å²) in [4.78, 5) is 57.9. The molecule has 0 aromatic carbocycles. The van der Waals surface area contributed by atoms with Gasteiger partial charge in [0.05, 0.1) is 65.2 Å². The molecule has 4 aliphatic carbocycles. The molecule has 86 heavy (non-hydrogen) atoms. The quantitative estimate of drug-likeness (QED) is 0.0525. The smallest absolute Gasteiger partial charge is 0.338 e. The van der Waals surface area contributed by atoms with Gasteiger partial charge in [-0.25, -0.2) is 9.18 Å². The van der Waals surface area contributed by atoms with Crippen molar-refractivity contribution in [2.24, 2.45) is 46.3 Å². The Hall–Kier alpha value is -2.74. The van der Waals surface area contributed by atoms with Crippen molar-refractivity contribution in [1.29, 1.82) is 0 Å². The van der Waals surface area contributed by atoms with Crippen LogP contribution in [0.4, 0.5) is 4.39 Å². The van der Waals surface area contributed by atoms with Crippen LogP contribution in [0.2, 0.25) is 0 Å². The summed E-state index contributed by atoms with van der Waals surface area (Å²) in [5.74, 6) is -6.73. The normalized spacial score (nSPS) is 48.9. The molecule has 0 amide bonds. The van der Waals surface area contributed by atoms with Crippen molar-refractivity contribution in [3.8, 4) is 0 Å². The fourth-order valence-corrected chi connectivity index (χ4v) is 17.2. The molecule has 0 bridgehead atoms. The zero-order chi connectivity index (χ0) is 64.4. The maximum Gasteiger partial charge on any atom is 0.338 e. The first-order valence-corrected chi connectivity index (χ1v) is 31.8. The van der Waals surface area contributed by atoms with E-state index in [1.807, 2.05) is 37.7 Å². The number of nitrogens with zero attached hydrogens (tertiary/aromatic N) is 2. The van der Waals surface area contributed by atoms with E-state index in [0.29, 0.717) is 19.4 Å². The molecule has 20 nitrogen and oxygen atoms in total. The first-order chi connectivity index (χ1) is 39.8. The van der Waals surface area contributed by atoms with Crippen LogP contribution in [0.15, 0.2) is 23.8 Å². The lowest BCUT2D eigenvalue weighted by Crippen LogP contribution is -2.70. The molecule has 3 heterocycles. The number of aliphatic hydroxyl groups is 6. The molecule has 6 N–H and O–H groups in total. The van der Waals surface area contributed by atoms with Crippen molar-refractivity contribution >= 4 is 35.3 Å². The first kappa shape index (κ1) is 70.7. The van der Waals surface area contributed by atoms with E-state index in [1.165, 1.54) is 26.2 Å². The molecule has 27 atom stereocenters. The van der Waals surface area contributed by atoms with Crippen LogP contribution in [-0.2, 0) is 57.1 Å². The molecular formula is C64H104ClFN2O18. The molecule has 6 fully saturated rings. The summed E-state index contributed by atoms with van der Waals surface area (Å²) >= 11 is 7.52. The van der Waals surface area contributed by atoms with E-state index in [9.17, 15) is 49.8 Å². The maximum atomic E-state index is 16.2. The number of esters is 3. The Balaban J connectivity index is 1.10. The summed E-state index contributed by atoms with van der Waals surface area (Å²) < 4.78 is 67.2. The van der Waals surface area contributed by atoms with Crippen molar-refractivity contribution in [2.45, 2.75) is 267 Å². The van der Waals surface area contributed by atoms with Crippen molar-refractivity contribution in [1.82, 2.24) is 9.80 Å². The number of hydrogen-bond acceptors (Lipinski definition) is 20. The Kier molecular flexibility index (Phi) is 21.8. The number of methoxy groups -OCH3 is 1. The Labute approximate surface area is 514 Å². The standard InChI is InChI=1S/C64H104ClFN2O18/c1-18-47-62(13,77)52(72)38(7)68(16)32-33(2)29-60(11,76)54(36(5)50(37(6)55(74)83-47)85-49-31-61(12,79-17)53(73)39(8)82-49)86-56-51(45(67(14)15)26-35(4)81-56)84-48(71)21-19-20-24-80-57(75)64(78)34(3)25-41-42-28-44(66)43-27-40(69)22-23-58(43,9)63(42,65)46(70)30-59(41,64)10/h22-23,27,33-39,41-42,44-47,49-54,56,70,72-73,76-78H,18-21,24-26,28-32H2,1-17H3/t33-,34-,35-,36+,37-,38-,39?,41?,42?,44+,45-,46+,47-,49-,50+,51-,52-,53-,54-,56+,58+,59+,60-,61+,62-,63+,64+/m1/s1. The molecule has 7 aliphatic rings. The van der Waals surface area contributed by atoms with Crippen LogP contribution >= 0.6 is 11.6 Å². The van der Waals surface area contributed by atoms with Crippen LogP contribution in [0, 0.1) is 46.3 Å². The molecule has 22 heteroatoms. The third kappa shape index (κ3) is 12.9. The highest BCUT2D eigenvalue weighted by atomic mass is 35.5. The van der Waals surface area contributed by atoms with Crippen molar-refractivity contribution < 1.29 is 92.1 Å². The molecule has 0 radical (unpaired) electrons. The van der Waals surface area contributed by atoms with Gasteiger partial charge in [-0.05, 0) is 162 Å². The second-order valence-electron chi connectivity index (χ2n) is 28.5. The zero-order valence-electron chi connectivity index (χ0n) is 54.0. The van der Waals surface area contributed by atoms with Crippen molar-refractivity contribution in [3.05, 3.63) is 23.8 Å². The number of alkyl halides is 2. The van der Waals surface area contributed by atoms with Crippen molar-refractivity contribution in [2.75, 3.05) is 41.4 Å². The molecule has 3 saturated heterocycles. The lowest BCUT2D eigenvalue weighted by Gasteiger charge is -2.64. The molecule has 492 valence electrons. The number of fused-ring (bicyclic) bond motifs is 5. The predicted molar refractivity (Wildman–Crippen MR) is 316 cm³/mol. The van der Waals surface area contributed by atoms with Crippen LogP contribution in [0.1, 0.15) is 154 Å². The minimum absolute atomic E-state index is 0.0456. The van der Waals surface area contributed by atoms with E-state index in [-0.39, 0.29) is 75.2 Å². The number of halogens is 2. The van der Waals surface area contributed by atoms with Gasteiger partial charge in [-0.15, -0.1) is 11.6 Å². The van der Waals surface area contributed by atoms with Gasteiger partial charge >= 0.3 is 17.9 Å². The fraction of sp³-hybridized carbons (Fsp3) is 0.875. The predicted octanol–water partition coefficient (Wildman–Crippen LogP) is 5.73. The first-order valence-electron chi connectivity index (χ1n) is 31.4. The number of carbonyl (C=O) groups excluding carboxylic acids is 4. The number of ether oxygens (including phenoxy) is 8. The molecule has 7 rings (SSSR count). The second kappa shape index (κ2) is 26.5. The van der Waals surface area contributed by atoms with Crippen LogP contribution < -0.4 is 0 Å². The SMILES string of the molecule is CC[C@H]1OC(=O)[C@H](C)[C@@H](O[C@@H]2C[C@](C)(OC)[C@H](O)C(C)O2)[C@H](C)[C@@H](O[C@@H]2O[C@H](C)C[C@@H](N(C)C)[C@H]2OC(=O)CCCCOC(=O)[C@@]2(O)[C@H](C)CC3C4C[C@H](F)C5=CC(=O)C=C[C@]5(C)[C@@]4(Cl)[C@@H](O)C[C@@]32C)[C@](C)(O)C[C@@H](C)CN(C)[C@H](C)[C@@H](O)[C@]1(C)O. The van der Waals surface area contributed by atoms with Crippen LogP contribution in [0.5, 0.6) is 0 Å². The number of cyclic esters (lactones) is 1. The van der Waals surface area contributed by atoms with E-state index in [0.717, 1.165) is 0 Å². The molecule has 3 aliphatic heterocycles. The molecule has 0 spiro atoms. The topological polar surface area (TPSA) is 270 Å². The largest absolute Gasteiger partial charge is 0.464 e. The van der Waals surface area contributed by atoms with E-state index < -0.39 is 171 Å². The van der Waals surface area contributed by atoms with Gasteiger partial charge < -0.3 is 78.3 Å². The highest BCUT2D eigenvalue weighted by Crippen LogP contribution is 2.71.